The van der Waals surface area contributed by atoms with Crippen molar-refractivity contribution >= 4 is 17.6 Å². The second-order valence-corrected chi connectivity index (χ2v) is 4.84. The van der Waals surface area contributed by atoms with Crippen LogP contribution in [0.15, 0.2) is 24.3 Å². The van der Waals surface area contributed by atoms with Gasteiger partial charge < -0.3 is 10.1 Å². The van der Waals surface area contributed by atoms with E-state index in [2.05, 4.69) is 10.1 Å². The molecular formula is C15H20N2O5. The normalized spacial score (nSPS) is 10.0. The zero-order valence-corrected chi connectivity index (χ0v) is 12.5. The van der Waals surface area contributed by atoms with Gasteiger partial charge in [-0.15, -0.1) is 0 Å². The first kappa shape index (κ1) is 17.6. The molecule has 1 aromatic rings. The molecule has 0 saturated carbocycles. The van der Waals surface area contributed by atoms with Gasteiger partial charge in [0, 0.05) is 25.1 Å². The van der Waals surface area contributed by atoms with E-state index < -0.39 is 4.92 Å². The maximum absolute atomic E-state index is 11.7. The third-order valence-electron chi connectivity index (χ3n) is 3.12. The Labute approximate surface area is 128 Å². The molecule has 0 saturated heterocycles. The first-order chi connectivity index (χ1) is 10.5. The Morgan fingerprint density at radius 3 is 2.45 bits per heavy atom. The van der Waals surface area contributed by atoms with E-state index in [0.717, 1.165) is 24.8 Å². The highest BCUT2D eigenvalue weighted by molar-refractivity contribution is 5.78. The molecule has 0 atom stereocenters. The predicted octanol–water partition coefficient (Wildman–Crippen LogP) is 1.99. The largest absolute Gasteiger partial charge is 0.469 e. The number of amides is 1. The number of methoxy groups -OCH3 is 1. The van der Waals surface area contributed by atoms with Crippen molar-refractivity contribution in [2.45, 2.75) is 32.1 Å². The second kappa shape index (κ2) is 9.49. The number of hydrogen-bond donors (Lipinski definition) is 1. The lowest BCUT2D eigenvalue weighted by molar-refractivity contribution is -0.384. The van der Waals surface area contributed by atoms with E-state index in [0.29, 0.717) is 13.0 Å². The minimum absolute atomic E-state index is 0.00904. The van der Waals surface area contributed by atoms with Gasteiger partial charge in [-0.1, -0.05) is 18.6 Å². The van der Waals surface area contributed by atoms with Crippen LogP contribution in [0.3, 0.4) is 0 Å². The number of esters is 1. The fraction of sp³-hybridized carbons (Fsp3) is 0.467. The highest BCUT2D eigenvalue weighted by atomic mass is 16.6. The molecule has 0 spiro atoms. The van der Waals surface area contributed by atoms with Crippen LogP contribution < -0.4 is 5.32 Å². The Morgan fingerprint density at radius 2 is 1.86 bits per heavy atom. The van der Waals surface area contributed by atoms with Crippen LogP contribution in [0.4, 0.5) is 5.69 Å². The topological polar surface area (TPSA) is 98.5 Å². The van der Waals surface area contributed by atoms with E-state index in [1.165, 1.54) is 19.2 Å². The molecule has 0 aromatic heterocycles. The molecule has 0 fully saturated rings. The molecule has 7 nitrogen and oxygen atoms in total. The summed E-state index contributed by atoms with van der Waals surface area (Å²) in [4.78, 5) is 32.6. The van der Waals surface area contributed by atoms with Crippen molar-refractivity contribution in [3.8, 4) is 0 Å². The van der Waals surface area contributed by atoms with Crippen LogP contribution in [0.2, 0.25) is 0 Å². The summed E-state index contributed by atoms with van der Waals surface area (Å²) in [5.41, 5.74) is 0.739. The standard InChI is InChI=1S/C15H20N2O5/c1-22-15(19)5-3-2-4-10-16-14(18)11-12-6-8-13(9-7-12)17(20)21/h6-9H,2-5,10-11H2,1H3,(H,16,18). The summed E-state index contributed by atoms with van der Waals surface area (Å²) in [5.74, 6) is -0.343. The zero-order valence-electron chi connectivity index (χ0n) is 12.5. The van der Waals surface area contributed by atoms with E-state index in [-0.39, 0.29) is 24.0 Å². The monoisotopic (exact) mass is 308 g/mol. The first-order valence-electron chi connectivity index (χ1n) is 7.09. The third kappa shape index (κ3) is 6.83. The van der Waals surface area contributed by atoms with Crippen molar-refractivity contribution in [3.05, 3.63) is 39.9 Å². The summed E-state index contributed by atoms with van der Waals surface area (Å²) in [7, 11) is 1.36. The van der Waals surface area contributed by atoms with Crippen molar-refractivity contribution in [2.75, 3.05) is 13.7 Å². The number of hydrogen-bond acceptors (Lipinski definition) is 5. The molecule has 0 aliphatic rings. The van der Waals surface area contributed by atoms with E-state index in [4.69, 9.17) is 0 Å². The van der Waals surface area contributed by atoms with Gasteiger partial charge in [-0.3, -0.25) is 19.7 Å². The van der Waals surface area contributed by atoms with E-state index in [1.807, 2.05) is 0 Å². The van der Waals surface area contributed by atoms with E-state index in [9.17, 15) is 19.7 Å². The third-order valence-corrected chi connectivity index (χ3v) is 3.12. The average molecular weight is 308 g/mol. The summed E-state index contributed by atoms with van der Waals surface area (Å²) in [6, 6.07) is 5.92. The fourth-order valence-corrected chi connectivity index (χ4v) is 1.88. The Kier molecular flexibility index (Phi) is 7.60. The number of carbonyl (C=O) groups excluding carboxylic acids is 2. The molecule has 1 rings (SSSR count). The zero-order chi connectivity index (χ0) is 16.4. The molecule has 1 amide bonds. The number of nitro groups is 1. The number of ether oxygens (including phenoxy) is 1. The van der Waals surface area contributed by atoms with Gasteiger partial charge in [-0.2, -0.15) is 0 Å². The predicted molar refractivity (Wildman–Crippen MR) is 80.3 cm³/mol. The van der Waals surface area contributed by atoms with Gasteiger partial charge in [-0.25, -0.2) is 0 Å². The Balaban J connectivity index is 2.18. The number of nitro benzene ring substituents is 1. The van der Waals surface area contributed by atoms with Gasteiger partial charge in [0.15, 0.2) is 0 Å². The fourth-order valence-electron chi connectivity index (χ4n) is 1.88. The van der Waals surface area contributed by atoms with Crippen LogP contribution in [-0.2, 0) is 20.7 Å². The Hall–Kier alpha value is -2.44. The Bertz CT molecular complexity index is 513. The molecule has 7 heteroatoms. The molecule has 0 heterocycles. The number of nitrogens with zero attached hydrogens (tertiary/aromatic N) is 1. The first-order valence-corrected chi connectivity index (χ1v) is 7.09. The number of nitrogens with one attached hydrogen (secondary N) is 1. The molecular weight excluding hydrogens is 288 g/mol. The maximum atomic E-state index is 11.7. The number of benzene rings is 1. The highest BCUT2D eigenvalue weighted by Crippen LogP contribution is 2.12. The molecule has 1 aromatic carbocycles. The number of unbranched alkanes of at least 4 members (excludes halogenated alkanes) is 2. The summed E-state index contributed by atoms with van der Waals surface area (Å²) in [6.07, 6.45) is 2.97. The lowest BCUT2D eigenvalue weighted by Crippen LogP contribution is -2.26. The van der Waals surface area contributed by atoms with Crippen LogP contribution in [-0.4, -0.2) is 30.5 Å². The van der Waals surface area contributed by atoms with Crippen LogP contribution in [0.1, 0.15) is 31.2 Å². The van der Waals surface area contributed by atoms with Crippen LogP contribution >= 0.6 is 0 Å². The van der Waals surface area contributed by atoms with Crippen LogP contribution in [0, 0.1) is 10.1 Å². The smallest absolute Gasteiger partial charge is 0.305 e. The van der Waals surface area contributed by atoms with Crippen molar-refractivity contribution in [2.24, 2.45) is 0 Å². The molecule has 0 radical (unpaired) electrons. The van der Waals surface area contributed by atoms with Crippen LogP contribution in [0.5, 0.6) is 0 Å². The molecule has 1 N–H and O–H groups in total. The lowest BCUT2D eigenvalue weighted by atomic mass is 10.1. The molecule has 120 valence electrons. The van der Waals surface area contributed by atoms with Crippen LogP contribution in [0.25, 0.3) is 0 Å². The molecule has 0 aliphatic heterocycles. The summed E-state index contributed by atoms with van der Waals surface area (Å²) < 4.78 is 4.53. The van der Waals surface area contributed by atoms with Crippen molar-refractivity contribution in [3.63, 3.8) is 0 Å². The van der Waals surface area contributed by atoms with Gasteiger partial charge in [0.05, 0.1) is 18.5 Å². The van der Waals surface area contributed by atoms with Gasteiger partial charge in [0.2, 0.25) is 5.91 Å². The molecule has 0 bridgehead atoms. The SMILES string of the molecule is COC(=O)CCCCCNC(=O)Cc1ccc([N+](=O)[O-])cc1. The Morgan fingerprint density at radius 1 is 1.18 bits per heavy atom. The molecule has 0 unspecified atom stereocenters. The second-order valence-electron chi connectivity index (χ2n) is 4.84. The van der Waals surface area contributed by atoms with Gasteiger partial charge >= 0.3 is 5.97 Å². The quantitative estimate of drug-likeness (QED) is 0.325. The average Bonchev–Trinajstić information content (AvgIpc) is 2.50. The minimum atomic E-state index is -0.474. The lowest BCUT2D eigenvalue weighted by Gasteiger charge is -2.05. The van der Waals surface area contributed by atoms with Crippen molar-refractivity contribution < 1.29 is 19.2 Å². The van der Waals surface area contributed by atoms with E-state index >= 15 is 0 Å². The highest BCUT2D eigenvalue weighted by Gasteiger charge is 2.07. The molecule has 0 aliphatic carbocycles. The molecule has 22 heavy (non-hydrogen) atoms. The minimum Gasteiger partial charge on any atom is -0.469 e. The van der Waals surface area contributed by atoms with Crippen molar-refractivity contribution in [1.29, 1.82) is 0 Å². The summed E-state index contributed by atoms with van der Waals surface area (Å²) in [6.45, 7) is 0.549. The van der Waals surface area contributed by atoms with Gasteiger partial charge in [0.1, 0.15) is 0 Å². The number of rotatable bonds is 9. The summed E-state index contributed by atoms with van der Waals surface area (Å²) >= 11 is 0. The van der Waals surface area contributed by atoms with Gasteiger partial charge in [0.25, 0.3) is 5.69 Å². The number of non-ortho nitro benzene ring substituents is 1. The summed E-state index contributed by atoms with van der Waals surface area (Å²) in [5, 5.41) is 13.3. The van der Waals surface area contributed by atoms with E-state index in [1.54, 1.807) is 12.1 Å². The van der Waals surface area contributed by atoms with Gasteiger partial charge in [-0.05, 0) is 18.4 Å². The maximum Gasteiger partial charge on any atom is 0.305 e. The van der Waals surface area contributed by atoms with Crippen molar-refractivity contribution in [1.82, 2.24) is 5.32 Å². The number of carbonyl (C=O) groups is 2.